The summed E-state index contributed by atoms with van der Waals surface area (Å²) < 4.78 is 12.2. The molecule has 2 aromatic heterocycles. The Morgan fingerprint density at radius 3 is 3.11 bits per heavy atom. The van der Waals surface area contributed by atoms with Crippen LogP contribution in [0.4, 0.5) is 0 Å². The molecule has 1 fully saturated rings. The SMILES string of the molecule is Clc1nc(OCC2CCOC2)nc(-n2cncn2)n1. The summed E-state index contributed by atoms with van der Waals surface area (Å²) in [6, 6.07) is 0.178. The molecule has 9 heteroatoms. The first-order valence-corrected chi connectivity index (χ1v) is 6.16. The lowest BCUT2D eigenvalue weighted by molar-refractivity contribution is 0.163. The Bertz CT molecular complexity index is 543. The van der Waals surface area contributed by atoms with Crippen LogP contribution in [0.5, 0.6) is 6.01 Å². The Morgan fingerprint density at radius 1 is 1.42 bits per heavy atom. The molecule has 8 nitrogen and oxygen atoms in total. The Balaban J connectivity index is 1.74. The van der Waals surface area contributed by atoms with Crippen molar-refractivity contribution in [2.45, 2.75) is 6.42 Å². The van der Waals surface area contributed by atoms with E-state index in [4.69, 9.17) is 21.1 Å². The fraction of sp³-hybridized carbons (Fsp3) is 0.500. The first kappa shape index (κ1) is 12.2. The molecule has 2 aromatic rings. The van der Waals surface area contributed by atoms with Crippen LogP contribution < -0.4 is 4.74 Å². The Kier molecular flexibility index (Phi) is 3.51. The summed E-state index contributed by atoms with van der Waals surface area (Å²) >= 11 is 5.83. The van der Waals surface area contributed by atoms with E-state index in [1.165, 1.54) is 17.3 Å². The third kappa shape index (κ3) is 2.96. The van der Waals surface area contributed by atoms with E-state index in [0.29, 0.717) is 19.1 Å². The van der Waals surface area contributed by atoms with Crippen molar-refractivity contribution in [3.8, 4) is 12.0 Å². The maximum absolute atomic E-state index is 5.83. The molecule has 1 aliphatic heterocycles. The Morgan fingerprint density at radius 2 is 2.37 bits per heavy atom. The molecule has 0 amide bonds. The molecular weight excluding hydrogens is 272 g/mol. The lowest BCUT2D eigenvalue weighted by Gasteiger charge is -2.09. The van der Waals surface area contributed by atoms with Gasteiger partial charge in [-0.05, 0) is 18.0 Å². The predicted molar refractivity (Wildman–Crippen MR) is 64.2 cm³/mol. The van der Waals surface area contributed by atoms with Crippen molar-refractivity contribution >= 4 is 11.6 Å². The average molecular weight is 283 g/mol. The van der Waals surface area contributed by atoms with E-state index < -0.39 is 0 Å². The van der Waals surface area contributed by atoms with Crippen molar-refractivity contribution in [2.24, 2.45) is 5.92 Å². The number of hydrogen-bond donors (Lipinski definition) is 0. The van der Waals surface area contributed by atoms with Gasteiger partial charge in [-0.1, -0.05) is 0 Å². The number of rotatable bonds is 4. The smallest absolute Gasteiger partial charge is 0.322 e. The van der Waals surface area contributed by atoms with E-state index in [1.54, 1.807) is 0 Å². The zero-order valence-corrected chi connectivity index (χ0v) is 10.7. The fourth-order valence-electron chi connectivity index (χ4n) is 1.71. The largest absolute Gasteiger partial charge is 0.463 e. The van der Waals surface area contributed by atoms with Crippen LogP contribution in [0.2, 0.25) is 5.28 Å². The molecule has 1 saturated heterocycles. The van der Waals surface area contributed by atoms with Crippen LogP contribution in [-0.4, -0.2) is 49.5 Å². The zero-order chi connectivity index (χ0) is 13.1. The molecule has 0 aliphatic carbocycles. The number of hydrogen-bond acceptors (Lipinski definition) is 7. The monoisotopic (exact) mass is 282 g/mol. The summed E-state index contributed by atoms with van der Waals surface area (Å²) in [4.78, 5) is 15.8. The molecule has 0 radical (unpaired) electrons. The summed E-state index contributed by atoms with van der Waals surface area (Å²) in [7, 11) is 0. The summed E-state index contributed by atoms with van der Waals surface area (Å²) in [6.45, 7) is 1.97. The maximum atomic E-state index is 5.83. The van der Waals surface area contributed by atoms with Crippen molar-refractivity contribution in [1.82, 2.24) is 29.7 Å². The van der Waals surface area contributed by atoms with Crippen molar-refractivity contribution < 1.29 is 9.47 Å². The molecule has 100 valence electrons. The second-order valence-corrected chi connectivity index (χ2v) is 4.41. The van der Waals surface area contributed by atoms with Gasteiger partial charge in [0.2, 0.25) is 5.28 Å². The number of aromatic nitrogens is 6. The minimum atomic E-state index is 0.0539. The summed E-state index contributed by atoms with van der Waals surface area (Å²) in [5.41, 5.74) is 0. The highest BCUT2D eigenvalue weighted by atomic mass is 35.5. The number of nitrogens with zero attached hydrogens (tertiary/aromatic N) is 6. The third-order valence-electron chi connectivity index (χ3n) is 2.67. The lowest BCUT2D eigenvalue weighted by Crippen LogP contribution is -2.14. The van der Waals surface area contributed by atoms with Gasteiger partial charge >= 0.3 is 6.01 Å². The average Bonchev–Trinajstić information content (AvgIpc) is 3.09. The van der Waals surface area contributed by atoms with Crippen molar-refractivity contribution in [2.75, 3.05) is 19.8 Å². The normalized spacial score (nSPS) is 18.7. The molecule has 0 N–H and O–H groups in total. The van der Waals surface area contributed by atoms with Gasteiger partial charge in [0.25, 0.3) is 5.95 Å². The highest BCUT2D eigenvalue weighted by molar-refractivity contribution is 6.28. The molecule has 0 saturated carbocycles. The first-order valence-electron chi connectivity index (χ1n) is 5.78. The minimum absolute atomic E-state index is 0.0539. The molecule has 19 heavy (non-hydrogen) atoms. The van der Waals surface area contributed by atoms with Gasteiger partial charge in [-0.15, -0.1) is 0 Å². The van der Waals surface area contributed by atoms with Gasteiger partial charge in [-0.3, -0.25) is 0 Å². The van der Waals surface area contributed by atoms with Gasteiger partial charge in [0.05, 0.1) is 13.2 Å². The van der Waals surface area contributed by atoms with Gasteiger partial charge in [0, 0.05) is 12.5 Å². The van der Waals surface area contributed by atoms with Crippen LogP contribution >= 0.6 is 11.6 Å². The van der Waals surface area contributed by atoms with Crippen molar-refractivity contribution in [3.63, 3.8) is 0 Å². The Hall–Kier alpha value is -1.80. The molecule has 1 atom stereocenters. The van der Waals surface area contributed by atoms with Crippen LogP contribution in [0.1, 0.15) is 6.42 Å². The van der Waals surface area contributed by atoms with E-state index in [0.717, 1.165) is 13.0 Å². The van der Waals surface area contributed by atoms with Crippen molar-refractivity contribution in [3.05, 3.63) is 17.9 Å². The zero-order valence-electron chi connectivity index (χ0n) is 9.94. The van der Waals surface area contributed by atoms with E-state index >= 15 is 0 Å². The molecule has 3 rings (SSSR count). The predicted octanol–water partition coefficient (Wildman–Crippen LogP) is 0.521. The van der Waals surface area contributed by atoms with Crippen LogP contribution in [0.15, 0.2) is 12.7 Å². The van der Waals surface area contributed by atoms with E-state index in [2.05, 4.69) is 25.0 Å². The number of halogens is 1. The standard InChI is InChI=1S/C10H11ClN6O2/c11-8-14-9(17-6-12-5-13-17)16-10(15-8)19-4-7-1-2-18-3-7/h5-7H,1-4H2. The maximum Gasteiger partial charge on any atom is 0.322 e. The van der Waals surface area contributed by atoms with Crippen LogP contribution in [0.25, 0.3) is 5.95 Å². The topological polar surface area (TPSA) is 87.8 Å². The van der Waals surface area contributed by atoms with Crippen LogP contribution in [0, 0.1) is 5.92 Å². The first-order chi connectivity index (χ1) is 9.31. The second kappa shape index (κ2) is 5.45. The minimum Gasteiger partial charge on any atom is -0.463 e. The molecule has 0 bridgehead atoms. The highest BCUT2D eigenvalue weighted by Crippen LogP contribution is 2.15. The number of ether oxygens (including phenoxy) is 2. The van der Waals surface area contributed by atoms with Gasteiger partial charge in [-0.25, -0.2) is 4.98 Å². The fourth-order valence-corrected chi connectivity index (χ4v) is 1.86. The molecule has 3 heterocycles. The second-order valence-electron chi connectivity index (χ2n) is 4.07. The molecule has 0 aromatic carbocycles. The van der Waals surface area contributed by atoms with Gasteiger partial charge in [0.15, 0.2) is 0 Å². The van der Waals surface area contributed by atoms with Crippen LogP contribution in [-0.2, 0) is 4.74 Å². The molecular formula is C10H11ClN6O2. The molecule has 1 aliphatic rings. The summed E-state index contributed by atoms with van der Waals surface area (Å²) in [5, 5.41) is 3.98. The van der Waals surface area contributed by atoms with Gasteiger partial charge in [0.1, 0.15) is 12.7 Å². The summed E-state index contributed by atoms with van der Waals surface area (Å²) in [6.07, 6.45) is 3.84. The highest BCUT2D eigenvalue weighted by Gasteiger charge is 2.17. The summed E-state index contributed by atoms with van der Waals surface area (Å²) in [5.74, 6) is 0.639. The van der Waals surface area contributed by atoms with E-state index in [9.17, 15) is 0 Å². The third-order valence-corrected chi connectivity index (χ3v) is 2.84. The van der Waals surface area contributed by atoms with Crippen molar-refractivity contribution in [1.29, 1.82) is 0 Å². The Labute approximate surface area is 113 Å². The van der Waals surface area contributed by atoms with Gasteiger partial charge < -0.3 is 9.47 Å². The van der Waals surface area contributed by atoms with Crippen LogP contribution in [0.3, 0.4) is 0 Å². The van der Waals surface area contributed by atoms with Gasteiger partial charge in [-0.2, -0.15) is 24.7 Å². The van der Waals surface area contributed by atoms with E-state index in [1.807, 2.05) is 0 Å². The van der Waals surface area contributed by atoms with E-state index in [-0.39, 0.29) is 17.2 Å². The lowest BCUT2D eigenvalue weighted by atomic mass is 10.1. The molecule has 1 unspecified atom stereocenters. The molecule has 0 spiro atoms. The quantitative estimate of drug-likeness (QED) is 0.808.